The molecule has 2 aromatic rings. The molecule has 1 aromatic heterocycles. The zero-order valence-corrected chi connectivity index (χ0v) is 17.8. The Balaban J connectivity index is 2.09. The first kappa shape index (κ1) is 18.4. The van der Waals surface area contributed by atoms with Crippen molar-refractivity contribution >= 4 is 28.5 Å². The van der Waals surface area contributed by atoms with E-state index in [-0.39, 0.29) is 11.3 Å². The number of carbonyl (C=O) groups excluding carboxylic acids is 1. The number of benzene rings is 1. The summed E-state index contributed by atoms with van der Waals surface area (Å²) in [5, 5.41) is 0. The van der Waals surface area contributed by atoms with E-state index in [0.717, 1.165) is 27.1 Å². The van der Waals surface area contributed by atoms with E-state index in [4.69, 9.17) is 0 Å². The number of aromatic nitrogens is 2. The van der Waals surface area contributed by atoms with Crippen LogP contribution in [0.1, 0.15) is 55.2 Å². The Bertz CT molecular complexity index is 879. The van der Waals surface area contributed by atoms with Gasteiger partial charge in [-0.1, -0.05) is 26.8 Å². The highest BCUT2D eigenvalue weighted by Crippen LogP contribution is 2.30. The predicted octanol–water partition coefficient (Wildman–Crippen LogP) is 4.19. The first-order chi connectivity index (χ1) is 11.7. The second kappa shape index (κ2) is 6.74. The number of rotatable bonds is 3. The van der Waals surface area contributed by atoms with Gasteiger partial charge in [0.05, 0.1) is 0 Å². The van der Waals surface area contributed by atoms with Gasteiger partial charge in [0.25, 0.3) is 5.91 Å². The largest absolute Gasteiger partial charge is 0.291 e. The summed E-state index contributed by atoms with van der Waals surface area (Å²) in [6.45, 7) is 9.50. The van der Waals surface area contributed by atoms with E-state index in [1.165, 1.54) is 18.5 Å². The maximum Gasteiger partial charge on any atom is 0.279 e. The Morgan fingerprint density at radius 1 is 1.32 bits per heavy atom. The highest BCUT2D eigenvalue weighted by atomic mass is 127. The molecule has 0 unspecified atom stereocenters. The SMILES string of the molecule is Cc1c(I)cccc1C(=O)N=c1cc(C(C)(C)C)n(C)n1CC1CC1. The predicted molar refractivity (Wildman–Crippen MR) is 109 cm³/mol. The van der Waals surface area contributed by atoms with Gasteiger partial charge in [-0.25, -0.2) is 0 Å². The van der Waals surface area contributed by atoms with Crippen molar-refractivity contribution < 1.29 is 4.79 Å². The maximum atomic E-state index is 12.8. The third kappa shape index (κ3) is 3.91. The van der Waals surface area contributed by atoms with Gasteiger partial charge >= 0.3 is 0 Å². The normalized spacial score (nSPS) is 15.7. The van der Waals surface area contributed by atoms with E-state index < -0.39 is 0 Å². The smallest absolute Gasteiger partial charge is 0.279 e. The van der Waals surface area contributed by atoms with Crippen LogP contribution in [-0.2, 0) is 19.0 Å². The van der Waals surface area contributed by atoms with Gasteiger partial charge in [0.2, 0.25) is 0 Å². The van der Waals surface area contributed by atoms with E-state index in [2.05, 4.69) is 70.8 Å². The Kier molecular flexibility index (Phi) is 4.97. The van der Waals surface area contributed by atoms with Crippen LogP contribution in [0, 0.1) is 16.4 Å². The highest BCUT2D eigenvalue weighted by Gasteiger charge is 2.26. The van der Waals surface area contributed by atoms with Crippen molar-refractivity contribution in [2.45, 2.75) is 52.5 Å². The van der Waals surface area contributed by atoms with Crippen LogP contribution >= 0.6 is 22.6 Å². The van der Waals surface area contributed by atoms with Crippen molar-refractivity contribution in [3.8, 4) is 0 Å². The second-order valence-corrected chi connectivity index (χ2v) is 9.18. The summed E-state index contributed by atoms with van der Waals surface area (Å²) in [5.41, 5.74) is 3.65. The van der Waals surface area contributed by atoms with Gasteiger partial charge in [0, 0.05) is 39.9 Å². The standard InChI is InChI=1S/C20H26IN3O/c1-13-15(7-6-8-16(13)21)19(25)22-18-11-17(20(2,3)4)23(5)24(18)12-14-9-10-14/h6-8,11,14H,9-10,12H2,1-5H3. The lowest BCUT2D eigenvalue weighted by atomic mass is 9.92. The number of amides is 1. The third-order valence-electron chi connectivity index (χ3n) is 4.85. The van der Waals surface area contributed by atoms with Crippen LogP contribution in [-0.4, -0.2) is 15.3 Å². The summed E-state index contributed by atoms with van der Waals surface area (Å²) in [6.07, 6.45) is 2.54. The molecule has 3 rings (SSSR count). The zero-order chi connectivity index (χ0) is 18.4. The van der Waals surface area contributed by atoms with Gasteiger partial charge in [-0.2, -0.15) is 4.99 Å². The minimum Gasteiger partial charge on any atom is -0.291 e. The quantitative estimate of drug-likeness (QED) is 0.646. The number of nitrogens with zero attached hydrogens (tertiary/aromatic N) is 3. The molecule has 5 heteroatoms. The number of carbonyl (C=O) groups is 1. The van der Waals surface area contributed by atoms with Crippen LogP contribution in [0.4, 0.5) is 0 Å². The van der Waals surface area contributed by atoms with E-state index in [1.54, 1.807) is 0 Å². The molecule has 1 aliphatic rings. The molecule has 1 aliphatic carbocycles. The summed E-state index contributed by atoms with van der Waals surface area (Å²) in [4.78, 5) is 17.3. The van der Waals surface area contributed by atoms with Crippen molar-refractivity contribution in [2.75, 3.05) is 0 Å². The Labute approximate surface area is 163 Å². The minimum absolute atomic E-state index is 0.00884. The summed E-state index contributed by atoms with van der Waals surface area (Å²) in [6, 6.07) is 7.87. The van der Waals surface area contributed by atoms with E-state index in [9.17, 15) is 4.79 Å². The van der Waals surface area contributed by atoms with Crippen LogP contribution in [0.15, 0.2) is 29.3 Å². The summed E-state index contributed by atoms with van der Waals surface area (Å²) in [7, 11) is 2.07. The van der Waals surface area contributed by atoms with Crippen molar-refractivity contribution in [1.82, 2.24) is 9.36 Å². The summed E-state index contributed by atoms with van der Waals surface area (Å²) < 4.78 is 5.43. The Morgan fingerprint density at radius 3 is 2.60 bits per heavy atom. The van der Waals surface area contributed by atoms with Gasteiger partial charge in [0.15, 0.2) is 5.49 Å². The summed E-state index contributed by atoms with van der Waals surface area (Å²) in [5.74, 6) is 0.557. The first-order valence-corrected chi connectivity index (χ1v) is 9.88. The second-order valence-electron chi connectivity index (χ2n) is 8.02. The average molecular weight is 451 g/mol. The minimum atomic E-state index is -0.161. The topological polar surface area (TPSA) is 39.3 Å². The van der Waals surface area contributed by atoms with Gasteiger partial charge < -0.3 is 0 Å². The molecule has 0 radical (unpaired) electrons. The fraction of sp³-hybridized carbons (Fsp3) is 0.500. The highest BCUT2D eigenvalue weighted by molar-refractivity contribution is 14.1. The molecule has 0 saturated heterocycles. The van der Waals surface area contributed by atoms with Crippen LogP contribution < -0.4 is 5.49 Å². The van der Waals surface area contributed by atoms with Crippen molar-refractivity contribution in [3.63, 3.8) is 0 Å². The molecule has 1 heterocycles. The molecule has 1 fully saturated rings. The third-order valence-corrected chi connectivity index (χ3v) is 6.02. The molecule has 0 N–H and O–H groups in total. The fourth-order valence-electron chi connectivity index (χ4n) is 3.13. The molecule has 0 atom stereocenters. The molecule has 0 spiro atoms. The van der Waals surface area contributed by atoms with E-state index >= 15 is 0 Å². The monoisotopic (exact) mass is 451 g/mol. The molecule has 25 heavy (non-hydrogen) atoms. The van der Waals surface area contributed by atoms with Gasteiger partial charge in [-0.05, 0) is 66.0 Å². The van der Waals surface area contributed by atoms with Crippen LogP contribution in [0.5, 0.6) is 0 Å². The zero-order valence-electron chi connectivity index (χ0n) is 15.6. The number of hydrogen-bond acceptors (Lipinski definition) is 1. The Morgan fingerprint density at radius 2 is 2.00 bits per heavy atom. The van der Waals surface area contributed by atoms with Crippen molar-refractivity contribution in [3.05, 3.63) is 50.1 Å². The van der Waals surface area contributed by atoms with Crippen molar-refractivity contribution in [1.29, 1.82) is 0 Å². The molecule has 1 saturated carbocycles. The van der Waals surface area contributed by atoms with Gasteiger partial charge in [0.1, 0.15) is 0 Å². The average Bonchev–Trinajstić information content (AvgIpc) is 3.28. The molecule has 0 aliphatic heterocycles. The molecule has 0 bridgehead atoms. The van der Waals surface area contributed by atoms with Crippen LogP contribution in [0.3, 0.4) is 0 Å². The number of hydrogen-bond donors (Lipinski definition) is 0. The molecule has 4 nitrogen and oxygen atoms in total. The fourth-order valence-corrected chi connectivity index (χ4v) is 3.63. The van der Waals surface area contributed by atoms with Crippen molar-refractivity contribution in [2.24, 2.45) is 18.0 Å². The van der Waals surface area contributed by atoms with Crippen LogP contribution in [0.25, 0.3) is 0 Å². The van der Waals surface area contributed by atoms with E-state index in [0.29, 0.717) is 5.56 Å². The molecule has 1 aromatic carbocycles. The van der Waals surface area contributed by atoms with Crippen LogP contribution in [0.2, 0.25) is 0 Å². The molecule has 1 amide bonds. The lowest BCUT2D eigenvalue weighted by Crippen LogP contribution is -2.26. The molecule has 134 valence electrons. The Hall–Kier alpha value is -1.37. The molecular formula is C20H26IN3O. The van der Waals surface area contributed by atoms with Gasteiger partial charge in [-0.3, -0.25) is 14.2 Å². The van der Waals surface area contributed by atoms with Gasteiger partial charge in [-0.15, -0.1) is 0 Å². The molecular weight excluding hydrogens is 425 g/mol. The number of halogens is 1. The summed E-state index contributed by atoms with van der Waals surface area (Å²) >= 11 is 2.26. The first-order valence-electron chi connectivity index (χ1n) is 8.80. The van der Waals surface area contributed by atoms with E-state index in [1.807, 2.05) is 25.1 Å². The maximum absolute atomic E-state index is 12.8. The lowest BCUT2D eigenvalue weighted by Gasteiger charge is -2.20. The lowest BCUT2D eigenvalue weighted by molar-refractivity contribution is 0.0996.